The lowest BCUT2D eigenvalue weighted by atomic mass is 10.1. The Morgan fingerprint density at radius 3 is 2.70 bits per heavy atom. The van der Waals surface area contributed by atoms with E-state index in [1.54, 1.807) is 12.5 Å². The Hall–Kier alpha value is -2.43. The van der Waals surface area contributed by atoms with Gasteiger partial charge < -0.3 is 5.32 Å². The Morgan fingerprint density at radius 1 is 1.10 bits per heavy atom. The van der Waals surface area contributed by atoms with Crippen LogP contribution in [0.2, 0.25) is 0 Å². The van der Waals surface area contributed by atoms with Crippen LogP contribution in [0, 0.1) is 13.8 Å². The molecule has 0 aliphatic carbocycles. The van der Waals surface area contributed by atoms with E-state index in [2.05, 4.69) is 57.5 Å². The third kappa shape index (κ3) is 2.61. The molecule has 3 aromatic rings. The molecule has 0 fully saturated rings. The molecule has 0 atom stereocenters. The molecule has 0 bridgehead atoms. The van der Waals surface area contributed by atoms with Crippen LogP contribution >= 0.6 is 0 Å². The van der Waals surface area contributed by atoms with Gasteiger partial charge in [-0.2, -0.15) is 5.10 Å². The van der Waals surface area contributed by atoms with E-state index in [1.165, 1.54) is 16.7 Å². The molecular formula is C15H17N5. The number of H-pyrrole nitrogens is 1. The van der Waals surface area contributed by atoms with Gasteiger partial charge in [0.15, 0.2) is 5.65 Å². The fourth-order valence-corrected chi connectivity index (χ4v) is 2.44. The van der Waals surface area contributed by atoms with Crippen molar-refractivity contribution in [1.29, 1.82) is 0 Å². The van der Waals surface area contributed by atoms with Crippen LogP contribution in [0.3, 0.4) is 0 Å². The first-order valence-corrected chi connectivity index (χ1v) is 6.67. The topological polar surface area (TPSA) is 66.5 Å². The van der Waals surface area contributed by atoms with E-state index >= 15 is 0 Å². The van der Waals surface area contributed by atoms with Gasteiger partial charge in [-0.3, -0.25) is 5.10 Å². The first-order valence-electron chi connectivity index (χ1n) is 6.67. The Kier molecular flexibility index (Phi) is 3.33. The Balaban J connectivity index is 1.69. The third-order valence-corrected chi connectivity index (χ3v) is 3.24. The van der Waals surface area contributed by atoms with Crippen LogP contribution in [-0.2, 0) is 6.42 Å². The third-order valence-electron chi connectivity index (χ3n) is 3.24. The smallest absolute Gasteiger partial charge is 0.160 e. The first kappa shape index (κ1) is 12.6. The van der Waals surface area contributed by atoms with Gasteiger partial charge in [0.1, 0.15) is 12.1 Å². The fourth-order valence-electron chi connectivity index (χ4n) is 2.44. The van der Waals surface area contributed by atoms with Crippen molar-refractivity contribution in [3.05, 3.63) is 47.4 Å². The number of hydrogen-bond acceptors (Lipinski definition) is 4. The number of aromatic nitrogens is 4. The summed E-state index contributed by atoms with van der Waals surface area (Å²) in [6.45, 7) is 5.09. The minimum absolute atomic E-state index is 0.758. The molecule has 0 amide bonds. The SMILES string of the molecule is Cc1cc(C)cc(CCNc2ncnc3[nH]ncc23)c1. The lowest BCUT2D eigenvalue weighted by molar-refractivity contribution is 1.000. The minimum atomic E-state index is 0.758. The van der Waals surface area contributed by atoms with E-state index in [1.807, 2.05) is 0 Å². The van der Waals surface area contributed by atoms with Crippen molar-refractivity contribution in [2.75, 3.05) is 11.9 Å². The summed E-state index contributed by atoms with van der Waals surface area (Å²) in [6.07, 6.45) is 4.25. The molecule has 0 unspecified atom stereocenters. The number of nitrogens with zero attached hydrogens (tertiary/aromatic N) is 3. The van der Waals surface area contributed by atoms with E-state index in [0.29, 0.717) is 0 Å². The average Bonchev–Trinajstić information content (AvgIpc) is 2.86. The highest BCUT2D eigenvalue weighted by atomic mass is 15.2. The molecule has 0 saturated heterocycles. The van der Waals surface area contributed by atoms with Crippen molar-refractivity contribution < 1.29 is 0 Å². The van der Waals surface area contributed by atoms with E-state index in [0.717, 1.165) is 29.8 Å². The summed E-state index contributed by atoms with van der Waals surface area (Å²) in [6, 6.07) is 6.64. The Morgan fingerprint density at radius 2 is 1.90 bits per heavy atom. The summed E-state index contributed by atoms with van der Waals surface area (Å²) in [5.74, 6) is 0.827. The van der Waals surface area contributed by atoms with Crippen molar-refractivity contribution in [3.63, 3.8) is 0 Å². The monoisotopic (exact) mass is 267 g/mol. The molecule has 0 aliphatic rings. The largest absolute Gasteiger partial charge is 0.369 e. The average molecular weight is 267 g/mol. The van der Waals surface area contributed by atoms with Crippen LogP contribution in [0.15, 0.2) is 30.7 Å². The summed E-state index contributed by atoms with van der Waals surface area (Å²) >= 11 is 0. The predicted octanol–water partition coefficient (Wildman–Crippen LogP) is 2.62. The standard InChI is InChI=1S/C15H17N5/c1-10-5-11(2)7-12(6-10)3-4-16-14-13-8-19-20-15(13)18-9-17-14/h5-9H,3-4H2,1-2H3,(H2,16,17,18,19,20). The second kappa shape index (κ2) is 5.28. The fraction of sp³-hybridized carbons (Fsp3) is 0.267. The van der Waals surface area contributed by atoms with Gasteiger partial charge in [-0.1, -0.05) is 29.3 Å². The lowest BCUT2D eigenvalue weighted by Gasteiger charge is -2.07. The van der Waals surface area contributed by atoms with Crippen LogP contribution in [0.4, 0.5) is 5.82 Å². The van der Waals surface area contributed by atoms with Gasteiger partial charge in [0.05, 0.1) is 11.6 Å². The van der Waals surface area contributed by atoms with Gasteiger partial charge in [-0.25, -0.2) is 9.97 Å². The van der Waals surface area contributed by atoms with Crippen molar-refractivity contribution in [3.8, 4) is 0 Å². The quantitative estimate of drug-likeness (QED) is 0.762. The molecular weight excluding hydrogens is 250 g/mol. The summed E-state index contributed by atoms with van der Waals surface area (Å²) in [5.41, 5.74) is 4.71. The number of aromatic amines is 1. The Labute approximate surface area is 117 Å². The normalized spacial score (nSPS) is 10.9. The number of aryl methyl sites for hydroxylation is 2. The molecule has 5 nitrogen and oxygen atoms in total. The summed E-state index contributed by atoms with van der Waals surface area (Å²) < 4.78 is 0. The van der Waals surface area contributed by atoms with Gasteiger partial charge in [0, 0.05) is 6.54 Å². The zero-order valence-electron chi connectivity index (χ0n) is 11.6. The maximum absolute atomic E-state index is 4.26. The maximum Gasteiger partial charge on any atom is 0.160 e. The molecule has 20 heavy (non-hydrogen) atoms. The number of benzene rings is 1. The highest BCUT2D eigenvalue weighted by molar-refractivity contribution is 5.85. The molecule has 1 aromatic carbocycles. The zero-order valence-corrected chi connectivity index (χ0v) is 11.6. The number of nitrogens with one attached hydrogen (secondary N) is 2. The predicted molar refractivity (Wildman–Crippen MR) is 79.8 cm³/mol. The van der Waals surface area contributed by atoms with E-state index < -0.39 is 0 Å². The summed E-state index contributed by atoms with van der Waals surface area (Å²) in [5, 5.41) is 11.1. The zero-order chi connectivity index (χ0) is 13.9. The number of anilines is 1. The van der Waals surface area contributed by atoms with Crippen molar-refractivity contribution in [2.45, 2.75) is 20.3 Å². The first-order chi connectivity index (χ1) is 9.72. The second-order valence-electron chi connectivity index (χ2n) is 5.03. The number of hydrogen-bond donors (Lipinski definition) is 2. The highest BCUT2D eigenvalue weighted by Crippen LogP contribution is 2.16. The molecule has 0 radical (unpaired) electrons. The van der Waals surface area contributed by atoms with Crippen LogP contribution < -0.4 is 5.32 Å². The van der Waals surface area contributed by atoms with Gasteiger partial charge >= 0.3 is 0 Å². The summed E-state index contributed by atoms with van der Waals surface area (Å²) in [7, 11) is 0. The van der Waals surface area contributed by atoms with Crippen molar-refractivity contribution in [2.24, 2.45) is 0 Å². The Bertz CT molecular complexity index is 712. The summed E-state index contributed by atoms with van der Waals surface area (Å²) in [4.78, 5) is 8.39. The van der Waals surface area contributed by atoms with Gasteiger partial charge in [0.25, 0.3) is 0 Å². The molecule has 2 N–H and O–H groups in total. The number of fused-ring (bicyclic) bond motifs is 1. The van der Waals surface area contributed by atoms with E-state index in [-0.39, 0.29) is 0 Å². The minimum Gasteiger partial charge on any atom is -0.369 e. The molecule has 5 heteroatoms. The van der Waals surface area contributed by atoms with Crippen LogP contribution in [0.5, 0.6) is 0 Å². The van der Waals surface area contributed by atoms with Crippen LogP contribution in [0.1, 0.15) is 16.7 Å². The van der Waals surface area contributed by atoms with Crippen molar-refractivity contribution in [1.82, 2.24) is 20.2 Å². The molecule has 0 aliphatic heterocycles. The number of rotatable bonds is 4. The molecule has 0 saturated carbocycles. The maximum atomic E-state index is 4.26. The molecule has 102 valence electrons. The molecule has 0 spiro atoms. The molecule has 2 aromatic heterocycles. The van der Waals surface area contributed by atoms with Crippen LogP contribution in [-0.4, -0.2) is 26.7 Å². The lowest BCUT2D eigenvalue weighted by Crippen LogP contribution is -2.07. The van der Waals surface area contributed by atoms with Gasteiger partial charge in [0.2, 0.25) is 0 Å². The van der Waals surface area contributed by atoms with E-state index in [9.17, 15) is 0 Å². The van der Waals surface area contributed by atoms with Crippen LogP contribution in [0.25, 0.3) is 11.0 Å². The highest BCUT2D eigenvalue weighted by Gasteiger charge is 2.04. The van der Waals surface area contributed by atoms with Crippen molar-refractivity contribution >= 4 is 16.9 Å². The van der Waals surface area contributed by atoms with Gasteiger partial charge in [-0.15, -0.1) is 0 Å². The molecule has 3 rings (SSSR count). The second-order valence-corrected chi connectivity index (χ2v) is 5.03. The van der Waals surface area contributed by atoms with Gasteiger partial charge in [-0.05, 0) is 25.8 Å². The van der Waals surface area contributed by atoms with E-state index in [4.69, 9.17) is 0 Å². The molecule has 2 heterocycles.